The molecule has 161 valence electrons. The SMILES string of the molecule is [NH-]CC(COP(=O)([O-])O)COP(=O)([O-])OCC(CNF)COP(=O)([O-])O.[Y]. The first-order valence-corrected chi connectivity index (χ1v) is 11.2. The van der Waals surface area contributed by atoms with E-state index in [9.17, 15) is 32.9 Å². The predicted octanol–water partition coefficient (Wildman–Crippen LogP) is -1.80. The molecule has 0 heterocycles. The molecule has 0 amide bonds. The number of phosphoric ester groups is 3. The van der Waals surface area contributed by atoms with Crippen LogP contribution in [0.25, 0.3) is 5.73 Å². The zero-order valence-electron chi connectivity index (χ0n) is 13.7. The van der Waals surface area contributed by atoms with Crippen LogP contribution >= 0.6 is 23.5 Å². The Morgan fingerprint density at radius 2 is 1.26 bits per heavy atom. The van der Waals surface area contributed by atoms with Crippen molar-refractivity contribution in [3.63, 3.8) is 0 Å². The van der Waals surface area contributed by atoms with Gasteiger partial charge >= 0.3 is 0 Å². The minimum absolute atomic E-state index is 0. The third-order valence-corrected chi connectivity index (χ3v) is 4.42. The minimum Gasteiger partial charge on any atom is -0.756 e. The predicted molar refractivity (Wildman–Crippen MR) is 76.3 cm³/mol. The van der Waals surface area contributed by atoms with E-state index in [1.54, 1.807) is 0 Å². The Morgan fingerprint density at radius 1 is 0.889 bits per heavy atom. The van der Waals surface area contributed by atoms with Crippen molar-refractivity contribution in [3.05, 3.63) is 5.73 Å². The molecule has 0 saturated heterocycles. The Labute approximate surface area is 179 Å². The number of rotatable bonds is 15. The summed E-state index contributed by atoms with van der Waals surface area (Å²) in [6.45, 7) is -4.05. The van der Waals surface area contributed by atoms with E-state index in [2.05, 4.69) is 18.1 Å². The van der Waals surface area contributed by atoms with Crippen LogP contribution in [0.5, 0.6) is 0 Å². The number of hydrogen-bond donors (Lipinski definition) is 3. The molecule has 0 aliphatic heterocycles. The van der Waals surface area contributed by atoms with E-state index in [-0.39, 0.29) is 32.7 Å². The molecular formula is C8H18FN2O12P3Y-4. The Morgan fingerprint density at radius 3 is 1.63 bits per heavy atom. The van der Waals surface area contributed by atoms with Gasteiger partial charge in [0, 0.05) is 45.2 Å². The molecular weight excluding hydrogens is 517 g/mol. The van der Waals surface area contributed by atoms with Crippen molar-refractivity contribution < 1.29 is 93.4 Å². The molecule has 4 N–H and O–H groups in total. The van der Waals surface area contributed by atoms with Crippen LogP contribution < -0.4 is 20.2 Å². The first-order chi connectivity index (χ1) is 11.8. The van der Waals surface area contributed by atoms with Gasteiger partial charge in [-0.25, -0.2) is 0 Å². The Hall–Kier alpha value is 1.28. The van der Waals surface area contributed by atoms with Crippen LogP contribution in [-0.4, -0.2) is 49.3 Å². The normalized spacial score (nSPS) is 20.6. The molecule has 0 aliphatic carbocycles. The van der Waals surface area contributed by atoms with Crippen LogP contribution in [0.3, 0.4) is 0 Å². The van der Waals surface area contributed by atoms with Gasteiger partial charge in [-0.1, -0.05) is 0 Å². The van der Waals surface area contributed by atoms with E-state index >= 15 is 0 Å². The number of nitrogens with one attached hydrogen (secondary N) is 2. The van der Waals surface area contributed by atoms with Crippen LogP contribution in [0.4, 0.5) is 4.48 Å². The molecule has 5 atom stereocenters. The van der Waals surface area contributed by atoms with E-state index in [1.165, 1.54) is 0 Å². The average molecular weight is 535 g/mol. The summed E-state index contributed by atoms with van der Waals surface area (Å²) in [6.07, 6.45) is 0. The second-order valence-corrected chi connectivity index (χ2v) is 8.64. The summed E-state index contributed by atoms with van der Waals surface area (Å²) in [6, 6.07) is 0. The van der Waals surface area contributed by atoms with Crippen molar-refractivity contribution in [2.45, 2.75) is 0 Å². The molecule has 0 spiro atoms. The van der Waals surface area contributed by atoms with Crippen molar-refractivity contribution >= 4 is 23.5 Å². The Kier molecular flexibility index (Phi) is 16.2. The van der Waals surface area contributed by atoms with Crippen LogP contribution in [-0.2, 0) is 64.5 Å². The van der Waals surface area contributed by atoms with Gasteiger partial charge in [0.15, 0.2) is 0 Å². The third kappa shape index (κ3) is 19.0. The molecule has 14 nitrogen and oxygen atoms in total. The summed E-state index contributed by atoms with van der Waals surface area (Å²) in [4.78, 5) is 49.3. The molecule has 0 aromatic carbocycles. The first-order valence-electron chi connectivity index (χ1n) is 6.73. The van der Waals surface area contributed by atoms with Gasteiger partial charge in [0.2, 0.25) is 0 Å². The summed E-state index contributed by atoms with van der Waals surface area (Å²) in [7, 11) is -15.1. The first kappa shape index (κ1) is 30.5. The van der Waals surface area contributed by atoms with E-state index in [0.29, 0.717) is 0 Å². The molecule has 5 unspecified atom stereocenters. The van der Waals surface area contributed by atoms with Gasteiger partial charge in [0.05, 0.1) is 26.4 Å². The van der Waals surface area contributed by atoms with Gasteiger partial charge in [0.1, 0.15) is 0 Å². The molecule has 0 saturated carbocycles. The zero-order chi connectivity index (χ0) is 20.4. The van der Waals surface area contributed by atoms with E-state index in [4.69, 9.17) is 15.5 Å². The Balaban J connectivity index is 0. The third-order valence-electron chi connectivity index (χ3n) is 2.54. The summed E-state index contributed by atoms with van der Waals surface area (Å²) >= 11 is 0. The monoisotopic (exact) mass is 535 g/mol. The molecule has 19 heteroatoms. The second kappa shape index (κ2) is 14.3. The molecule has 0 aliphatic rings. The molecule has 0 rings (SSSR count). The standard InChI is InChI=1S/C8H21FN2O12P3.Y/c9-11-2-8(5-21-25(15,16)17)6-23-26(18,19)22-4-7(1-10)3-20-24(12,13)14;/h7-8,10-11H,1-6H2,(H,18,19)(H2,12,13,14)(H2,15,16,17);/q-1;/p-3. The smallest absolute Gasteiger partial charge is 0.267 e. The van der Waals surface area contributed by atoms with Crippen LogP contribution in [0.15, 0.2) is 0 Å². The van der Waals surface area contributed by atoms with Crippen molar-refractivity contribution in [3.8, 4) is 0 Å². The summed E-state index contributed by atoms with van der Waals surface area (Å²) < 4.78 is 61.4. The van der Waals surface area contributed by atoms with Crippen LogP contribution in [0.2, 0.25) is 0 Å². The average Bonchev–Trinajstić information content (AvgIpc) is 2.48. The van der Waals surface area contributed by atoms with Crippen molar-refractivity contribution in [2.75, 3.05) is 39.5 Å². The minimum atomic E-state index is -5.10. The molecule has 0 aromatic rings. The summed E-state index contributed by atoms with van der Waals surface area (Å²) in [5.41, 5.74) is 8.25. The summed E-state index contributed by atoms with van der Waals surface area (Å²) in [5, 5.41) is 0. The van der Waals surface area contributed by atoms with Crippen molar-refractivity contribution in [1.82, 2.24) is 5.54 Å². The Bertz CT molecular complexity index is 547. The van der Waals surface area contributed by atoms with Gasteiger partial charge in [-0.3, -0.25) is 13.7 Å². The van der Waals surface area contributed by atoms with Gasteiger partial charge in [0.25, 0.3) is 23.5 Å². The number of halogens is 1. The number of hydrogen-bond acceptors (Lipinski definition) is 11. The summed E-state index contributed by atoms with van der Waals surface area (Å²) in [5.74, 6) is -2.18. The van der Waals surface area contributed by atoms with E-state index in [0.717, 1.165) is 5.54 Å². The molecule has 27 heavy (non-hydrogen) atoms. The fourth-order valence-electron chi connectivity index (χ4n) is 1.27. The maximum atomic E-state index is 12.1. The largest absolute Gasteiger partial charge is 0.756 e. The van der Waals surface area contributed by atoms with E-state index < -0.39 is 74.8 Å². The quantitative estimate of drug-likeness (QED) is 0.155. The number of phosphoric acid groups is 3. The molecule has 0 fully saturated rings. The van der Waals surface area contributed by atoms with Gasteiger partial charge in [-0.2, -0.15) is 5.54 Å². The van der Waals surface area contributed by atoms with Crippen molar-refractivity contribution in [1.29, 1.82) is 0 Å². The zero-order valence-corrected chi connectivity index (χ0v) is 19.2. The maximum Gasteiger partial charge on any atom is 0.267 e. The van der Waals surface area contributed by atoms with Crippen LogP contribution in [0.1, 0.15) is 0 Å². The van der Waals surface area contributed by atoms with E-state index in [1.807, 2.05) is 0 Å². The fraction of sp³-hybridized carbons (Fsp3) is 1.00. The second-order valence-electron chi connectivity index (χ2n) is 4.84. The molecule has 0 bridgehead atoms. The topological polar surface area (TPSA) is 234 Å². The maximum absolute atomic E-state index is 12.1. The van der Waals surface area contributed by atoms with Crippen molar-refractivity contribution in [2.24, 2.45) is 11.8 Å². The van der Waals surface area contributed by atoms with Gasteiger partial charge < -0.3 is 48.3 Å². The van der Waals surface area contributed by atoms with Crippen LogP contribution in [0, 0.1) is 11.8 Å². The fourth-order valence-corrected chi connectivity index (χ4v) is 2.93. The molecule has 0 aromatic heterocycles. The van der Waals surface area contributed by atoms with Gasteiger partial charge in [-0.05, 0) is 5.92 Å². The molecule has 1 radical (unpaired) electrons. The van der Waals surface area contributed by atoms with Gasteiger partial charge in [-0.15, -0.1) is 11.0 Å².